The third-order valence-electron chi connectivity index (χ3n) is 6.17. The number of carbonyl (C=O) groups is 1. The summed E-state index contributed by atoms with van der Waals surface area (Å²) in [6.45, 7) is 3.22. The number of aromatic nitrogens is 2. The molecule has 5 nitrogen and oxygen atoms in total. The van der Waals surface area contributed by atoms with Gasteiger partial charge in [0.2, 0.25) is 5.91 Å². The van der Waals surface area contributed by atoms with Gasteiger partial charge in [0.1, 0.15) is 5.82 Å². The lowest BCUT2D eigenvalue weighted by molar-refractivity contribution is -0.132. The average molecular weight is 367 g/mol. The second-order valence-corrected chi connectivity index (χ2v) is 7.77. The molecule has 1 saturated heterocycles. The van der Waals surface area contributed by atoms with E-state index < -0.39 is 0 Å². The number of likely N-dealkylation sites (tertiary alicyclic amines) is 1. The molecule has 1 aliphatic heterocycles. The maximum atomic E-state index is 12.9. The highest BCUT2D eigenvalue weighted by atomic mass is 16.5. The van der Waals surface area contributed by atoms with Gasteiger partial charge >= 0.3 is 0 Å². The Bertz CT molecular complexity index is 777. The minimum absolute atomic E-state index is 0.317. The zero-order valence-electron chi connectivity index (χ0n) is 16.1. The van der Waals surface area contributed by atoms with Crippen molar-refractivity contribution in [2.45, 2.75) is 50.5 Å². The Balaban J connectivity index is 1.32. The lowest BCUT2D eigenvalue weighted by atomic mass is 9.93. The number of carbonyl (C=O) groups excluding carboxylic acids is 1. The van der Waals surface area contributed by atoms with E-state index in [0.29, 0.717) is 30.8 Å². The van der Waals surface area contributed by atoms with E-state index in [9.17, 15) is 4.79 Å². The van der Waals surface area contributed by atoms with E-state index in [1.54, 1.807) is 7.11 Å². The fourth-order valence-corrected chi connectivity index (χ4v) is 4.64. The summed E-state index contributed by atoms with van der Waals surface area (Å²) in [5, 5.41) is 0. The molecule has 0 bridgehead atoms. The van der Waals surface area contributed by atoms with E-state index in [0.717, 1.165) is 51.1 Å². The van der Waals surface area contributed by atoms with Crippen molar-refractivity contribution in [3.8, 4) is 0 Å². The zero-order chi connectivity index (χ0) is 18.6. The molecule has 0 N–H and O–H groups in total. The number of rotatable bonds is 6. The summed E-state index contributed by atoms with van der Waals surface area (Å²) in [7, 11) is 1.73. The second kappa shape index (κ2) is 8.26. The number of amides is 1. The van der Waals surface area contributed by atoms with Crippen molar-refractivity contribution in [1.82, 2.24) is 14.5 Å². The largest absolute Gasteiger partial charge is 0.383 e. The molecule has 1 aliphatic carbocycles. The number of imidazole rings is 1. The van der Waals surface area contributed by atoms with Gasteiger partial charge in [0, 0.05) is 51.5 Å². The van der Waals surface area contributed by atoms with E-state index >= 15 is 0 Å². The van der Waals surface area contributed by atoms with Crippen LogP contribution >= 0.6 is 0 Å². The molecule has 27 heavy (non-hydrogen) atoms. The fraction of sp³-hybridized carbons (Fsp3) is 0.545. The number of aryl methyl sites for hydroxylation is 1. The molecule has 1 aromatic carbocycles. The lowest BCUT2D eigenvalue weighted by Crippen LogP contribution is -2.38. The first kappa shape index (κ1) is 18.2. The van der Waals surface area contributed by atoms with Gasteiger partial charge in [-0.1, -0.05) is 24.3 Å². The van der Waals surface area contributed by atoms with Gasteiger partial charge in [0.25, 0.3) is 0 Å². The molecule has 0 spiro atoms. The molecule has 2 aromatic rings. The Morgan fingerprint density at radius 3 is 2.85 bits per heavy atom. The molecule has 1 amide bonds. The normalized spacial score (nSPS) is 20.0. The molecule has 5 heteroatoms. The molecule has 1 aromatic heterocycles. The number of benzene rings is 1. The Morgan fingerprint density at radius 2 is 2.04 bits per heavy atom. The monoisotopic (exact) mass is 367 g/mol. The first-order valence-electron chi connectivity index (χ1n) is 10.1. The third-order valence-corrected chi connectivity index (χ3v) is 6.17. The van der Waals surface area contributed by atoms with Crippen LogP contribution in [0.2, 0.25) is 0 Å². The SMILES string of the molecule is COCCn1ccnc1C1CCN(C(=O)C[C@H]2CCc3ccccc32)CC1. The fourth-order valence-electron chi connectivity index (χ4n) is 4.64. The van der Waals surface area contributed by atoms with Gasteiger partial charge < -0.3 is 14.2 Å². The first-order valence-corrected chi connectivity index (χ1v) is 10.1. The predicted molar refractivity (Wildman–Crippen MR) is 105 cm³/mol. The predicted octanol–water partition coefficient (Wildman–Crippen LogP) is 3.36. The van der Waals surface area contributed by atoms with Gasteiger partial charge in [-0.15, -0.1) is 0 Å². The van der Waals surface area contributed by atoms with Gasteiger partial charge in [-0.3, -0.25) is 4.79 Å². The molecular weight excluding hydrogens is 338 g/mol. The molecule has 144 valence electrons. The van der Waals surface area contributed by atoms with Crippen LogP contribution in [0.1, 0.15) is 54.5 Å². The molecule has 0 saturated carbocycles. The number of fused-ring (bicyclic) bond motifs is 1. The van der Waals surface area contributed by atoms with E-state index in [1.807, 2.05) is 12.4 Å². The molecule has 2 heterocycles. The van der Waals surface area contributed by atoms with Gasteiger partial charge in [-0.05, 0) is 42.7 Å². The average Bonchev–Trinajstić information content (AvgIpc) is 3.34. The summed E-state index contributed by atoms with van der Waals surface area (Å²) < 4.78 is 7.39. The van der Waals surface area contributed by atoms with E-state index in [2.05, 4.69) is 38.7 Å². The van der Waals surface area contributed by atoms with Crippen LogP contribution in [-0.2, 0) is 22.5 Å². The number of ether oxygens (including phenoxy) is 1. The van der Waals surface area contributed by atoms with Crippen LogP contribution in [0.25, 0.3) is 0 Å². The summed E-state index contributed by atoms with van der Waals surface area (Å²) in [5.41, 5.74) is 2.82. The molecule has 1 atom stereocenters. The zero-order valence-corrected chi connectivity index (χ0v) is 16.1. The van der Waals surface area contributed by atoms with Gasteiger partial charge in [0.05, 0.1) is 6.61 Å². The van der Waals surface area contributed by atoms with Crippen LogP contribution in [0, 0.1) is 0 Å². The maximum Gasteiger partial charge on any atom is 0.223 e. The van der Waals surface area contributed by atoms with Gasteiger partial charge in [-0.2, -0.15) is 0 Å². The quantitative estimate of drug-likeness (QED) is 0.787. The molecule has 1 fully saturated rings. The van der Waals surface area contributed by atoms with Crippen LogP contribution in [0.15, 0.2) is 36.7 Å². The maximum absolute atomic E-state index is 12.9. The minimum atomic E-state index is 0.317. The van der Waals surface area contributed by atoms with Crippen molar-refractivity contribution < 1.29 is 9.53 Å². The molecular formula is C22H29N3O2. The number of hydrogen-bond donors (Lipinski definition) is 0. The Morgan fingerprint density at radius 1 is 1.22 bits per heavy atom. The van der Waals surface area contributed by atoms with Gasteiger partial charge in [-0.25, -0.2) is 4.98 Å². The molecule has 0 radical (unpaired) electrons. The van der Waals surface area contributed by atoms with E-state index in [4.69, 9.17) is 4.74 Å². The summed E-state index contributed by atoms with van der Waals surface area (Å²) in [4.78, 5) is 19.5. The van der Waals surface area contributed by atoms with Crippen molar-refractivity contribution in [2.24, 2.45) is 0 Å². The van der Waals surface area contributed by atoms with Crippen molar-refractivity contribution in [3.05, 3.63) is 53.6 Å². The number of hydrogen-bond acceptors (Lipinski definition) is 3. The van der Waals surface area contributed by atoms with Crippen LogP contribution in [0.5, 0.6) is 0 Å². The highest BCUT2D eigenvalue weighted by Gasteiger charge is 2.30. The van der Waals surface area contributed by atoms with Crippen LogP contribution in [-0.4, -0.2) is 47.2 Å². The van der Waals surface area contributed by atoms with Crippen molar-refractivity contribution in [1.29, 1.82) is 0 Å². The number of piperidine rings is 1. The topological polar surface area (TPSA) is 47.4 Å². The molecule has 2 aliphatic rings. The lowest BCUT2D eigenvalue weighted by Gasteiger charge is -2.32. The van der Waals surface area contributed by atoms with Crippen LogP contribution in [0.4, 0.5) is 0 Å². The summed E-state index contributed by atoms with van der Waals surface area (Å²) in [6.07, 6.45) is 8.78. The summed E-state index contributed by atoms with van der Waals surface area (Å²) in [5.74, 6) is 2.30. The number of nitrogens with zero attached hydrogens (tertiary/aromatic N) is 3. The minimum Gasteiger partial charge on any atom is -0.383 e. The first-order chi connectivity index (χ1) is 13.3. The van der Waals surface area contributed by atoms with E-state index in [1.165, 1.54) is 11.1 Å². The molecule has 0 unspecified atom stereocenters. The van der Waals surface area contributed by atoms with Crippen LogP contribution < -0.4 is 0 Å². The summed E-state index contributed by atoms with van der Waals surface area (Å²) in [6, 6.07) is 8.60. The Kier molecular flexibility index (Phi) is 5.58. The van der Waals surface area contributed by atoms with Crippen molar-refractivity contribution >= 4 is 5.91 Å². The number of methoxy groups -OCH3 is 1. The molecule has 4 rings (SSSR count). The Hall–Kier alpha value is -2.14. The van der Waals surface area contributed by atoms with Crippen molar-refractivity contribution in [2.75, 3.05) is 26.8 Å². The Labute approximate surface area is 161 Å². The van der Waals surface area contributed by atoms with Crippen LogP contribution in [0.3, 0.4) is 0 Å². The highest BCUT2D eigenvalue weighted by Crippen LogP contribution is 2.36. The second-order valence-electron chi connectivity index (χ2n) is 7.77. The standard InChI is InChI=1S/C22H29N3O2/c1-27-15-14-25-13-10-23-22(25)18-8-11-24(12-9-18)21(26)16-19-7-6-17-4-2-3-5-20(17)19/h2-5,10,13,18-19H,6-9,11-12,14-16H2,1H3/t19-/m1/s1. The van der Waals surface area contributed by atoms with E-state index in [-0.39, 0.29) is 0 Å². The summed E-state index contributed by atoms with van der Waals surface area (Å²) >= 11 is 0. The highest BCUT2D eigenvalue weighted by molar-refractivity contribution is 5.77. The smallest absolute Gasteiger partial charge is 0.223 e. The van der Waals surface area contributed by atoms with Gasteiger partial charge in [0.15, 0.2) is 0 Å². The third kappa shape index (κ3) is 3.93. The van der Waals surface area contributed by atoms with Crippen molar-refractivity contribution in [3.63, 3.8) is 0 Å².